The molecule has 2 N–H and O–H groups in total. The number of ketones is 1. The summed E-state index contributed by atoms with van der Waals surface area (Å²) in [5.74, 6) is -0.934. The number of nitriles is 1. The molecule has 0 saturated carbocycles. The van der Waals surface area contributed by atoms with Crippen molar-refractivity contribution in [1.29, 1.82) is 5.26 Å². The average molecular weight is 503 g/mol. The molecule has 0 saturated heterocycles. The molecule has 8 nitrogen and oxygen atoms in total. The summed E-state index contributed by atoms with van der Waals surface area (Å²) in [5, 5.41) is 28.2. The first-order valence-corrected chi connectivity index (χ1v) is 12.5. The SMILES string of the molecule is CC1(C)CC(=O)C2=C(C1)NC(SCC(=O)NCc1ccccc1)=C(C#N)C2c1cccc([N+](=O)[O-])c1. The van der Waals surface area contributed by atoms with Crippen molar-refractivity contribution in [2.24, 2.45) is 5.41 Å². The van der Waals surface area contributed by atoms with Crippen molar-refractivity contribution in [2.45, 2.75) is 39.2 Å². The maximum atomic E-state index is 13.3. The highest BCUT2D eigenvalue weighted by Gasteiger charge is 2.42. The van der Waals surface area contributed by atoms with E-state index in [1.807, 2.05) is 44.2 Å². The van der Waals surface area contributed by atoms with Crippen LogP contribution in [0.15, 0.2) is 76.5 Å². The standard InChI is InChI=1S/C27H26N4O4S/c1-27(2)12-21-25(22(32)13-27)24(18-9-6-10-19(11-18)31(34)35)20(14-28)26(30-21)36-16-23(33)29-15-17-7-4-3-5-8-17/h3-11,24,30H,12-13,15-16H2,1-2H3,(H,29,33). The lowest BCUT2D eigenvalue weighted by atomic mass is 9.69. The Morgan fingerprint density at radius 2 is 1.97 bits per heavy atom. The smallest absolute Gasteiger partial charge is 0.269 e. The van der Waals surface area contributed by atoms with Gasteiger partial charge in [0.25, 0.3) is 5.69 Å². The van der Waals surface area contributed by atoms with E-state index in [0.717, 1.165) is 5.56 Å². The molecule has 0 radical (unpaired) electrons. The fraction of sp³-hybridized carbons (Fsp3) is 0.296. The molecular weight excluding hydrogens is 476 g/mol. The molecule has 4 rings (SSSR count). The normalized spacial score (nSPS) is 18.7. The van der Waals surface area contributed by atoms with Gasteiger partial charge in [-0.25, -0.2) is 0 Å². The van der Waals surface area contributed by atoms with E-state index >= 15 is 0 Å². The molecule has 0 spiro atoms. The van der Waals surface area contributed by atoms with E-state index in [9.17, 15) is 25.0 Å². The van der Waals surface area contributed by atoms with Gasteiger partial charge in [0.2, 0.25) is 5.91 Å². The average Bonchev–Trinajstić information content (AvgIpc) is 2.85. The van der Waals surface area contributed by atoms with Crippen molar-refractivity contribution in [3.8, 4) is 6.07 Å². The highest BCUT2D eigenvalue weighted by Crippen LogP contribution is 2.48. The Kier molecular flexibility index (Phi) is 7.27. The number of carbonyl (C=O) groups excluding carboxylic acids is 2. The zero-order valence-electron chi connectivity index (χ0n) is 20.0. The van der Waals surface area contributed by atoms with Crippen molar-refractivity contribution in [3.05, 3.63) is 97.7 Å². The van der Waals surface area contributed by atoms with Crippen molar-refractivity contribution in [3.63, 3.8) is 0 Å². The third kappa shape index (κ3) is 5.50. The Labute approximate surface area is 213 Å². The largest absolute Gasteiger partial charge is 0.352 e. The van der Waals surface area contributed by atoms with Crippen LogP contribution in [0.4, 0.5) is 5.69 Å². The van der Waals surface area contributed by atoms with Crippen LogP contribution in [-0.2, 0) is 16.1 Å². The lowest BCUT2D eigenvalue weighted by Gasteiger charge is -2.39. The number of nitrogens with one attached hydrogen (secondary N) is 2. The van der Waals surface area contributed by atoms with E-state index in [0.29, 0.717) is 41.2 Å². The van der Waals surface area contributed by atoms with Gasteiger partial charge < -0.3 is 10.6 Å². The number of rotatable bonds is 7. The van der Waals surface area contributed by atoms with Crippen molar-refractivity contribution < 1.29 is 14.5 Å². The van der Waals surface area contributed by atoms with Gasteiger partial charge in [0.05, 0.1) is 33.3 Å². The lowest BCUT2D eigenvalue weighted by Crippen LogP contribution is -2.37. The fourth-order valence-electron chi connectivity index (χ4n) is 4.63. The van der Waals surface area contributed by atoms with Gasteiger partial charge in [0, 0.05) is 36.4 Å². The summed E-state index contributed by atoms with van der Waals surface area (Å²) in [5.41, 5.74) is 2.57. The molecule has 0 fully saturated rings. The van der Waals surface area contributed by atoms with E-state index in [2.05, 4.69) is 16.7 Å². The number of hydrogen-bond donors (Lipinski definition) is 2. The molecule has 1 aliphatic carbocycles. The highest BCUT2D eigenvalue weighted by atomic mass is 32.2. The number of carbonyl (C=O) groups is 2. The Bertz CT molecular complexity index is 1320. The van der Waals surface area contributed by atoms with Crippen molar-refractivity contribution in [1.82, 2.24) is 10.6 Å². The molecule has 36 heavy (non-hydrogen) atoms. The molecule has 9 heteroatoms. The lowest BCUT2D eigenvalue weighted by molar-refractivity contribution is -0.384. The van der Waals surface area contributed by atoms with Gasteiger partial charge in [-0.3, -0.25) is 19.7 Å². The molecule has 2 aromatic carbocycles. The Hall–Kier alpha value is -3.90. The van der Waals surface area contributed by atoms with Gasteiger partial charge in [0.15, 0.2) is 5.78 Å². The Morgan fingerprint density at radius 3 is 2.67 bits per heavy atom. The molecule has 1 amide bonds. The zero-order valence-corrected chi connectivity index (χ0v) is 20.9. The van der Waals surface area contributed by atoms with Crippen molar-refractivity contribution in [2.75, 3.05) is 5.75 Å². The van der Waals surface area contributed by atoms with Crippen LogP contribution in [0, 0.1) is 26.9 Å². The van der Waals surface area contributed by atoms with Gasteiger partial charge in [-0.05, 0) is 23.0 Å². The predicted molar refractivity (Wildman–Crippen MR) is 137 cm³/mol. The molecule has 0 bridgehead atoms. The summed E-state index contributed by atoms with van der Waals surface area (Å²) < 4.78 is 0. The molecule has 1 unspecified atom stereocenters. The first kappa shape index (κ1) is 25.2. The quantitative estimate of drug-likeness (QED) is 0.415. The van der Waals surface area contributed by atoms with Gasteiger partial charge in [-0.1, -0.05) is 68.1 Å². The predicted octanol–water partition coefficient (Wildman–Crippen LogP) is 4.71. The third-order valence-electron chi connectivity index (χ3n) is 6.22. The van der Waals surface area contributed by atoms with Crippen LogP contribution in [0.25, 0.3) is 0 Å². The monoisotopic (exact) mass is 502 g/mol. The summed E-state index contributed by atoms with van der Waals surface area (Å²) in [6, 6.07) is 17.8. The number of thioether (sulfide) groups is 1. The second-order valence-corrected chi connectivity index (χ2v) is 10.6. The van der Waals surface area contributed by atoms with Crippen LogP contribution in [0.1, 0.15) is 43.7 Å². The maximum Gasteiger partial charge on any atom is 0.269 e. The molecule has 1 aliphatic heterocycles. The molecule has 2 aliphatic rings. The van der Waals surface area contributed by atoms with Crippen LogP contribution in [0.3, 0.4) is 0 Å². The molecular formula is C27H26N4O4S. The van der Waals surface area contributed by atoms with Crippen LogP contribution in [0.2, 0.25) is 0 Å². The minimum absolute atomic E-state index is 0.0714. The van der Waals surface area contributed by atoms with E-state index in [4.69, 9.17) is 0 Å². The number of Topliss-reactive ketones (excluding diaryl/α,β-unsaturated/α-hetero) is 1. The molecule has 184 valence electrons. The number of dihydropyridines is 1. The number of hydrogen-bond acceptors (Lipinski definition) is 7. The number of nitro groups is 1. The zero-order chi connectivity index (χ0) is 25.9. The summed E-state index contributed by atoms with van der Waals surface area (Å²) in [7, 11) is 0. The Balaban J connectivity index is 1.64. The second kappa shape index (κ2) is 10.4. The first-order valence-electron chi connectivity index (χ1n) is 11.5. The summed E-state index contributed by atoms with van der Waals surface area (Å²) >= 11 is 1.19. The van der Waals surface area contributed by atoms with E-state index in [1.54, 1.807) is 12.1 Å². The van der Waals surface area contributed by atoms with Crippen LogP contribution in [-0.4, -0.2) is 22.4 Å². The molecule has 1 atom stereocenters. The van der Waals surface area contributed by atoms with Crippen LogP contribution < -0.4 is 10.6 Å². The third-order valence-corrected chi connectivity index (χ3v) is 7.24. The van der Waals surface area contributed by atoms with Crippen molar-refractivity contribution >= 4 is 29.1 Å². The fourth-order valence-corrected chi connectivity index (χ4v) is 5.52. The minimum atomic E-state index is -0.732. The van der Waals surface area contributed by atoms with Gasteiger partial charge >= 0.3 is 0 Å². The number of amides is 1. The van der Waals surface area contributed by atoms with Gasteiger partial charge in [-0.2, -0.15) is 5.26 Å². The maximum absolute atomic E-state index is 13.3. The number of nitrogens with zero attached hydrogens (tertiary/aromatic N) is 2. The first-order chi connectivity index (χ1) is 17.2. The topological polar surface area (TPSA) is 125 Å². The molecule has 2 aromatic rings. The highest BCUT2D eigenvalue weighted by molar-refractivity contribution is 8.03. The summed E-state index contributed by atoms with van der Waals surface area (Å²) in [6.45, 7) is 4.41. The molecule has 1 heterocycles. The number of benzene rings is 2. The number of non-ortho nitro benzene ring substituents is 1. The molecule has 0 aromatic heterocycles. The van der Waals surface area contributed by atoms with Gasteiger partial charge in [-0.15, -0.1) is 0 Å². The Morgan fingerprint density at radius 1 is 1.22 bits per heavy atom. The minimum Gasteiger partial charge on any atom is -0.352 e. The van der Waals surface area contributed by atoms with E-state index in [-0.39, 0.29) is 34.1 Å². The van der Waals surface area contributed by atoms with Crippen LogP contribution in [0.5, 0.6) is 0 Å². The summed E-state index contributed by atoms with van der Waals surface area (Å²) in [6.07, 6.45) is 0.907. The van der Waals surface area contributed by atoms with E-state index < -0.39 is 10.8 Å². The second-order valence-electron chi connectivity index (χ2n) is 9.65. The number of nitro benzene ring substituents is 1. The van der Waals surface area contributed by atoms with Gasteiger partial charge in [0.1, 0.15) is 0 Å². The number of allylic oxidation sites excluding steroid dienone is 3. The van der Waals surface area contributed by atoms with Crippen LogP contribution >= 0.6 is 11.8 Å². The van der Waals surface area contributed by atoms with E-state index in [1.165, 1.54) is 23.9 Å². The summed E-state index contributed by atoms with van der Waals surface area (Å²) in [4.78, 5) is 36.7.